The van der Waals surface area contributed by atoms with Crippen molar-refractivity contribution in [2.45, 2.75) is 31.9 Å². The van der Waals surface area contributed by atoms with E-state index in [4.69, 9.17) is 15.7 Å². The Bertz CT molecular complexity index is 493. The summed E-state index contributed by atoms with van der Waals surface area (Å²) in [7, 11) is 0. The van der Waals surface area contributed by atoms with E-state index in [1.165, 1.54) is 0 Å². The number of ether oxygens (including phenoxy) is 1. The van der Waals surface area contributed by atoms with Crippen molar-refractivity contribution in [1.82, 2.24) is 5.32 Å². The molecule has 0 radical (unpaired) electrons. The van der Waals surface area contributed by atoms with Crippen molar-refractivity contribution in [2.75, 3.05) is 6.61 Å². The summed E-state index contributed by atoms with van der Waals surface area (Å²) >= 11 is 0. The van der Waals surface area contributed by atoms with Crippen LogP contribution in [0.1, 0.15) is 35.7 Å². The van der Waals surface area contributed by atoms with Crippen LogP contribution in [-0.4, -0.2) is 35.7 Å². The average Bonchev–Trinajstić information content (AvgIpc) is 3.01. The number of carbonyl (C=O) groups excluding carboxylic acids is 1. The predicted octanol–water partition coefficient (Wildman–Crippen LogP) is 1.08. The monoisotopic (exact) mass is 277 g/mol. The van der Waals surface area contributed by atoms with E-state index in [1.807, 2.05) is 6.92 Å². The molecule has 0 bridgehead atoms. The maximum atomic E-state index is 12.1. The van der Waals surface area contributed by atoms with Crippen LogP contribution in [0.15, 0.2) is 29.4 Å². The van der Waals surface area contributed by atoms with Gasteiger partial charge in [0, 0.05) is 17.7 Å². The molecule has 0 spiro atoms. The first-order valence-corrected chi connectivity index (χ1v) is 6.62. The lowest BCUT2D eigenvalue weighted by Gasteiger charge is -2.20. The van der Waals surface area contributed by atoms with E-state index in [0.29, 0.717) is 11.1 Å². The Hall–Kier alpha value is -2.08. The van der Waals surface area contributed by atoms with Gasteiger partial charge < -0.3 is 21.0 Å². The van der Waals surface area contributed by atoms with E-state index < -0.39 is 0 Å². The van der Waals surface area contributed by atoms with Crippen molar-refractivity contribution in [3.63, 3.8) is 0 Å². The van der Waals surface area contributed by atoms with E-state index in [-0.39, 0.29) is 23.9 Å². The first-order valence-electron chi connectivity index (χ1n) is 6.62. The summed E-state index contributed by atoms with van der Waals surface area (Å²) in [5, 5.41) is 14.4. The number of nitrogens with zero attached hydrogens (tertiary/aromatic N) is 1. The zero-order valence-corrected chi connectivity index (χ0v) is 11.4. The molecule has 20 heavy (non-hydrogen) atoms. The molecule has 1 aromatic carbocycles. The van der Waals surface area contributed by atoms with E-state index >= 15 is 0 Å². The fourth-order valence-electron chi connectivity index (χ4n) is 2.23. The molecule has 1 amide bonds. The van der Waals surface area contributed by atoms with Crippen LogP contribution < -0.4 is 11.1 Å². The number of rotatable bonds is 4. The topological polar surface area (TPSA) is 96.9 Å². The van der Waals surface area contributed by atoms with Gasteiger partial charge in [0.05, 0.1) is 12.1 Å². The van der Waals surface area contributed by atoms with Gasteiger partial charge >= 0.3 is 0 Å². The summed E-state index contributed by atoms with van der Waals surface area (Å²) in [6, 6.07) is 6.55. The first kappa shape index (κ1) is 14.3. The van der Waals surface area contributed by atoms with Gasteiger partial charge in [0.15, 0.2) is 5.84 Å². The Balaban J connectivity index is 1.98. The summed E-state index contributed by atoms with van der Waals surface area (Å²) in [6.07, 6.45) is 2.11. The molecule has 1 aliphatic heterocycles. The molecule has 1 fully saturated rings. The van der Waals surface area contributed by atoms with Crippen LogP contribution in [-0.2, 0) is 4.74 Å². The normalized spacial score (nSPS) is 20.6. The van der Waals surface area contributed by atoms with E-state index in [2.05, 4.69) is 10.5 Å². The van der Waals surface area contributed by atoms with E-state index in [0.717, 1.165) is 19.4 Å². The minimum absolute atomic E-state index is 0.0182. The summed E-state index contributed by atoms with van der Waals surface area (Å²) < 4.78 is 5.54. The molecule has 0 saturated carbocycles. The summed E-state index contributed by atoms with van der Waals surface area (Å²) in [5.41, 5.74) is 6.56. The number of benzene rings is 1. The molecule has 1 saturated heterocycles. The molecule has 6 nitrogen and oxygen atoms in total. The molecule has 6 heteroatoms. The number of hydrogen-bond donors (Lipinski definition) is 3. The number of carbonyl (C=O) groups is 1. The number of oxime groups is 1. The van der Waals surface area contributed by atoms with Crippen molar-refractivity contribution in [3.05, 3.63) is 35.4 Å². The molecule has 4 N–H and O–H groups in total. The van der Waals surface area contributed by atoms with Crippen LogP contribution in [0.25, 0.3) is 0 Å². The second-order valence-electron chi connectivity index (χ2n) is 4.88. The zero-order chi connectivity index (χ0) is 14.5. The lowest BCUT2D eigenvalue weighted by atomic mass is 10.1. The van der Waals surface area contributed by atoms with Gasteiger partial charge in [-0.25, -0.2) is 0 Å². The standard InChI is InChI=1S/C14H19N3O3/c1-9(12-3-2-8-20-12)16-14(18)11-6-4-10(5-7-11)13(15)17-19/h4-7,9,12,19H,2-3,8H2,1H3,(H2,15,17)(H,16,18). The van der Waals surface area contributed by atoms with E-state index in [9.17, 15) is 4.79 Å². The molecule has 2 rings (SSSR count). The van der Waals surface area contributed by atoms with Gasteiger partial charge in [0.25, 0.3) is 5.91 Å². The quantitative estimate of drug-likeness (QED) is 0.332. The maximum Gasteiger partial charge on any atom is 0.251 e. The fraction of sp³-hybridized carbons (Fsp3) is 0.429. The number of nitrogens with two attached hydrogens (primary N) is 1. The molecule has 108 valence electrons. The Labute approximate surface area is 117 Å². The Kier molecular flexibility index (Phi) is 4.57. The second-order valence-corrected chi connectivity index (χ2v) is 4.88. The highest BCUT2D eigenvalue weighted by molar-refractivity contribution is 5.99. The van der Waals surface area contributed by atoms with Gasteiger partial charge in [0.2, 0.25) is 0 Å². The molecular weight excluding hydrogens is 258 g/mol. The van der Waals surface area contributed by atoms with Crippen LogP contribution in [0.3, 0.4) is 0 Å². The Morgan fingerprint density at radius 1 is 1.45 bits per heavy atom. The second kappa shape index (κ2) is 6.38. The number of hydrogen-bond acceptors (Lipinski definition) is 4. The van der Waals surface area contributed by atoms with E-state index in [1.54, 1.807) is 24.3 Å². The molecule has 1 heterocycles. The largest absolute Gasteiger partial charge is 0.409 e. The van der Waals surface area contributed by atoms with Gasteiger partial charge in [0.1, 0.15) is 0 Å². The highest BCUT2D eigenvalue weighted by atomic mass is 16.5. The summed E-state index contributed by atoms with van der Waals surface area (Å²) in [5.74, 6) is -0.135. The highest BCUT2D eigenvalue weighted by Gasteiger charge is 2.23. The predicted molar refractivity (Wildman–Crippen MR) is 74.9 cm³/mol. The zero-order valence-electron chi connectivity index (χ0n) is 11.4. The maximum absolute atomic E-state index is 12.1. The van der Waals surface area contributed by atoms with Crippen molar-refractivity contribution >= 4 is 11.7 Å². The number of nitrogens with one attached hydrogen (secondary N) is 1. The van der Waals surface area contributed by atoms with Crippen molar-refractivity contribution < 1.29 is 14.7 Å². The lowest BCUT2D eigenvalue weighted by molar-refractivity contribution is 0.0712. The molecule has 1 aromatic rings. The van der Waals surface area contributed by atoms with Gasteiger partial charge in [-0.05, 0) is 31.9 Å². The third-order valence-corrected chi connectivity index (χ3v) is 3.43. The van der Waals surface area contributed by atoms with Crippen LogP contribution >= 0.6 is 0 Å². The molecule has 1 aliphatic rings. The molecule has 0 aromatic heterocycles. The molecule has 0 aliphatic carbocycles. The minimum Gasteiger partial charge on any atom is -0.409 e. The Morgan fingerprint density at radius 3 is 2.65 bits per heavy atom. The lowest BCUT2D eigenvalue weighted by Crippen LogP contribution is -2.40. The molecular formula is C14H19N3O3. The minimum atomic E-state index is -0.154. The van der Waals surface area contributed by atoms with Crippen LogP contribution in [0.2, 0.25) is 0 Å². The third kappa shape index (κ3) is 3.27. The van der Waals surface area contributed by atoms with Gasteiger partial charge in [-0.15, -0.1) is 0 Å². The van der Waals surface area contributed by atoms with Crippen LogP contribution in [0.5, 0.6) is 0 Å². The summed E-state index contributed by atoms with van der Waals surface area (Å²) in [6.45, 7) is 2.71. The van der Waals surface area contributed by atoms with Crippen molar-refractivity contribution in [2.24, 2.45) is 10.9 Å². The average molecular weight is 277 g/mol. The molecule has 2 unspecified atom stereocenters. The SMILES string of the molecule is CC(NC(=O)c1ccc(/C(N)=N/O)cc1)C1CCCO1. The van der Waals surface area contributed by atoms with Crippen LogP contribution in [0.4, 0.5) is 0 Å². The summed E-state index contributed by atoms with van der Waals surface area (Å²) in [4.78, 5) is 12.1. The Morgan fingerprint density at radius 2 is 2.10 bits per heavy atom. The fourth-order valence-corrected chi connectivity index (χ4v) is 2.23. The van der Waals surface area contributed by atoms with Gasteiger partial charge in [-0.3, -0.25) is 4.79 Å². The smallest absolute Gasteiger partial charge is 0.251 e. The highest BCUT2D eigenvalue weighted by Crippen LogP contribution is 2.15. The molecule has 2 atom stereocenters. The third-order valence-electron chi connectivity index (χ3n) is 3.43. The van der Waals surface area contributed by atoms with Gasteiger partial charge in [-0.1, -0.05) is 17.3 Å². The van der Waals surface area contributed by atoms with Crippen LogP contribution in [0, 0.1) is 0 Å². The van der Waals surface area contributed by atoms with Gasteiger partial charge in [-0.2, -0.15) is 0 Å². The first-order chi connectivity index (χ1) is 9.61. The number of amides is 1. The van der Waals surface area contributed by atoms with Crippen molar-refractivity contribution in [1.29, 1.82) is 0 Å². The van der Waals surface area contributed by atoms with Crippen molar-refractivity contribution in [3.8, 4) is 0 Å². The number of amidine groups is 1.